The van der Waals surface area contributed by atoms with Crippen molar-refractivity contribution in [2.75, 3.05) is 6.61 Å². The molecule has 0 atom stereocenters. The number of halogens is 2. The molecule has 0 bridgehead atoms. The van der Waals surface area contributed by atoms with E-state index in [2.05, 4.69) is 4.98 Å². The molecule has 0 aliphatic rings. The van der Waals surface area contributed by atoms with Gasteiger partial charge in [0.25, 0.3) is 0 Å². The highest BCUT2D eigenvalue weighted by molar-refractivity contribution is 5.77. The van der Waals surface area contributed by atoms with Crippen LogP contribution in [0.25, 0.3) is 22.5 Å². The maximum absolute atomic E-state index is 13.3. The van der Waals surface area contributed by atoms with Crippen LogP contribution in [-0.2, 0) is 16.0 Å². The molecule has 3 aromatic rings. The zero-order valence-corrected chi connectivity index (χ0v) is 15.3. The van der Waals surface area contributed by atoms with Crippen LogP contribution >= 0.6 is 0 Å². The minimum atomic E-state index is -0.311. The second-order valence-electron chi connectivity index (χ2n) is 6.30. The Balaban J connectivity index is 2.03. The summed E-state index contributed by atoms with van der Waals surface area (Å²) >= 11 is 0. The van der Waals surface area contributed by atoms with Gasteiger partial charge in [-0.2, -0.15) is 0 Å². The first-order valence-corrected chi connectivity index (χ1v) is 8.88. The van der Waals surface area contributed by atoms with Gasteiger partial charge < -0.3 is 9.72 Å². The van der Waals surface area contributed by atoms with Gasteiger partial charge in [0.15, 0.2) is 0 Å². The van der Waals surface area contributed by atoms with E-state index in [9.17, 15) is 13.6 Å². The van der Waals surface area contributed by atoms with Crippen LogP contribution in [0.15, 0.2) is 48.5 Å². The number of aromatic nitrogens is 1. The molecule has 0 saturated carbocycles. The van der Waals surface area contributed by atoms with Gasteiger partial charge in [-0.1, -0.05) is 0 Å². The lowest BCUT2D eigenvalue weighted by atomic mass is 9.99. The van der Waals surface area contributed by atoms with Crippen molar-refractivity contribution >= 4 is 5.97 Å². The standard InChI is InChI=1S/C22H21F2NO2/c1-3-27-20(26)13-12-19-14(2)21(15-4-8-17(23)9-5-15)25-22(19)16-6-10-18(24)11-7-16/h4-11,25H,3,12-13H2,1-2H3. The van der Waals surface area contributed by atoms with Gasteiger partial charge in [0, 0.05) is 17.8 Å². The molecule has 1 heterocycles. The van der Waals surface area contributed by atoms with E-state index in [1.54, 1.807) is 31.2 Å². The molecule has 1 N–H and O–H groups in total. The van der Waals surface area contributed by atoms with Gasteiger partial charge in [-0.05, 0) is 91.1 Å². The largest absolute Gasteiger partial charge is 0.466 e. The lowest BCUT2D eigenvalue weighted by Gasteiger charge is -2.06. The van der Waals surface area contributed by atoms with Gasteiger partial charge in [0.2, 0.25) is 0 Å². The first kappa shape index (κ1) is 18.8. The molecule has 0 aliphatic carbocycles. The van der Waals surface area contributed by atoms with Crippen LogP contribution in [0, 0.1) is 18.6 Å². The minimum absolute atomic E-state index is 0.254. The number of rotatable bonds is 6. The second-order valence-corrected chi connectivity index (χ2v) is 6.30. The van der Waals surface area contributed by atoms with Crippen LogP contribution in [0.5, 0.6) is 0 Å². The lowest BCUT2D eigenvalue weighted by Crippen LogP contribution is -2.05. The molecule has 5 heteroatoms. The fraction of sp³-hybridized carbons (Fsp3) is 0.227. The quantitative estimate of drug-likeness (QED) is 0.589. The van der Waals surface area contributed by atoms with Crippen LogP contribution in [0.4, 0.5) is 8.78 Å². The average Bonchev–Trinajstić information content (AvgIpc) is 2.98. The number of esters is 1. The monoisotopic (exact) mass is 369 g/mol. The van der Waals surface area contributed by atoms with Gasteiger partial charge in [-0.3, -0.25) is 4.79 Å². The summed E-state index contributed by atoms with van der Waals surface area (Å²) in [6, 6.07) is 12.4. The summed E-state index contributed by atoms with van der Waals surface area (Å²) in [6.45, 7) is 4.08. The second kappa shape index (κ2) is 8.16. The van der Waals surface area contributed by atoms with Crippen LogP contribution in [0.2, 0.25) is 0 Å². The number of aromatic amines is 1. The first-order chi connectivity index (χ1) is 13.0. The molecule has 0 aliphatic heterocycles. The van der Waals surface area contributed by atoms with E-state index < -0.39 is 0 Å². The van der Waals surface area contributed by atoms with Gasteiger partial charge in [-0.25, -0.2) is 8.78 Å². The van der Waals surface area contributed by atoms with Crippen molar-refractivity contribution in [3.63, 3.8) is 0 Å². The summed E-state index contributed by atoms with van der Waals surface area (Å²) in [7, 11) is 0. The van der Waals surface area contributed by atoms with E-state index in [-0.39, 0.29) is 24.0 Å². The minimum Gasteiger partial charge on any atom is -0.466 e. The predicted octanol–water partition coefficient (Wildman–Crippen LogP) is 5.43. The highest BCUT2D eigenvalue weighted by atomic mass is 19.1. The Hall–Kier alpha value is -2.95. The summed E-state index contributed by atoms with van der Waals surface area (Å²) in [5.74, 6) is -0.871. The Morgan fingerprint density at radius 3 is 1.96 bits per heavy atom. The average molecular weight is 369 g/mol. The zero-order chi connectivity index (χ0) is 19.4. The van der Waals surface area contributed by atoms with Crippen molar-refractivity contribution in [1.29, 1.82) is 0 Å². The molecular weight excluding hydrogens is 348 g/mol. The van der Waals surface area contributed by atoms with E-state index >= 15 is 0 Å². The SMILES string of the molecule is CCOC(=O)CCc1c(-c2ccc(F)cc2)[nH]c(-c2ccc(F)cc2)c1C. The van der Waals surface area contributed by atoms with Crippen LogP contribution in [-0.4, -0.2) is 17.6 Å². The van der Waals surface area contributed by atoms with Gasteiger partial charge in [-0.15, -0.1) is 0 Å². The third kappa shape index (κ3) is 4.25. The number of benzene rings is 2. The Morgan fingerprint density at radius 1 is 0.926 bits per heavy atom. The number of nitrogens with one attached hydrogen (secondary N) is 1. The fourth-order valence-electron chi connectivity index (χ4n) is 3.17. The topological polar surface area (TPSA) is 42.1 Å². The molecular formula is C22H21F2NO2. The molecule has 2 aromatic carbocycles. The van der Waals surface area contributed by atoms with Gasteiger partial charge in [0.05, 0.1) is 6.61 Å². The van der Waals surface area contributed by atoms with E-state index in [0.717, 1.165) is 33.6 Å². The van der Waals surface area contributed by atoms with Gasteiger partial charge >= 0.3 is 5.97 Å². The number of ether oxygens (including phenoxy) is 1. The normalized spacial score (nSPS) is 10.8. The van der Waals surface area contributed by atoms with Crippen LogP contribution in [0.1, 0.15) is 24.5 Å². The van der Waals surface area contributed by atoms with E-state index in [1.807, 2.05) is 6.92 Å². The molecule has 0 unspecified atom stereocenters. The fourth-order valence-corrected chi connectivity index (χ4v) is 3.17. The number of hydrogen-bond acceptors (Lipinski definition) is 2. The molecule has 0 spiro atoms. The smallest absolute Gasteiger partial charge is 0.306 e. The van der Waals surface area contributed by atoms with E-state index in [0.29, 0.717) is 13.0 Å². The molecule has 3 nitrogen and oxygen atoms in total. The van der Waals surface area contributed by atoms with Crippen molar-refractivity contribution in [1.82, 2.24) is 4.98 Å². The lowest BCUT2D eigenvalue weighted by molar-refractivity contribution is -0.143. The maximum Gasteiger partial charge on any atom is 0.306 e. The third-order valence-corrected chi connectivity index (χ3v) is 4.53. The number of carbonyl (C=O) groups excluding carboxylic acids is 1. The highest BCUT2D eigenvalue weighted by Gasteiger charge is 2.18. The summed E-state index contributed by atoms with van der Waals surface area (Å²) in [5.41, 5.74) is 5.30. The predicted molar refractivity (Wildman–Crippen MR) is 101 cm³/mol. The molecule has 0 saturated heterocycles. The van der Waals surface area contributed by atoms with Crippen molar-refractivity contribution in [3.05, 3.63) is 71.3 Å². The molecule has 0 fully saturated rings. The van der Waals surface area contributed by atoms with Crippen LogP contribution < -0.4 is 0 Å². The third-order valence-electron chi connectivity index (χ3n) is 4.53. The van der Waals surface area contributed by atoms with Crippen molar-refractivity contribution < 1.29 is 18.3 Å². The summed E-state index contributed by atoms with van der Waals surface area (Å²) in [4.78, 5) is 15.2. The zero-order valence-electron chi connectivity index (χ0n) is 15.3. The first-order valence-electron chi connectivity index (χ1n) is 8.88. The highest BCUT2D eigenvalue weighted by Crippen LogP contribution is 2.34. The Morgan fingerprint density at radius 2 is 1.44 bits per heavy atom. The molecule has 0 radical (unpaired) electrons. The Labute approximate surface area is 157 Å². The molecule has 140 valence electrons. The van der Waals surface area contributed by atoms with Crippen molar-refractivity contribution in [3.8, 4) is 22.5 Å². The Kier molecular flexibility index (Phi) is 5.69. The summed E-state index contributed by atoms with van der Waals surface area (Å²) in [5, 5.41) is 0. The number of H-pyrrole nitrogens is 1. The molecule has 0 amide bonds. The van der Waals surface area contributed by atoms with Crippen molar-refractivity contribution in [2.45, 2.75) is 26.7 Å². The molecule has 3 rings (SSSR count). The Bertz CT molecular complexity index is 928. The van der Waals surface area contributed by atoms with E-state index in [4.69, 9.17) is 4.74 Å². The molecule has 27 heavy (non-hydrogen) atoms. The summed E-state index contributed by atoms with van der Waals surface area (Å²) < 4.78 is 31.6. The van der Waals surface area contributed by atoms with Crippen molar-refractivity contribution in [2.24, 2.45) is 0 Å². The number of hydrogen-bond donors (Lipinski definition) is 1. The van der Waals surface area contributed by atoms with Crippen LogP contribution in [0.3, 0.4) is 0 Å². The van der Waals surface area contributed by atoms with Gasteiger partial charge in [0.1, 0.15) is 11.6 Å². The molecule has 1 aromatic heterocycles. The maximum atomic E-state index is 13.3. The van der Waals surface area contributed by atoms with E-state index in [1.165, 1.54) is 24.3 Å². The summed E-state index contributed by atoms with van der Waals surface area (Å²) in [6.07, 6.45) is 0.749. The number of carbonyl (C=O) groups is 1.